The summed E-state index contributed by atoms with van der Waals surface area (Å²) in [6.07, 6.45) is 2.93. The number of H-pyrrole nitrogens is 1. The van der Waals surface area contributed by atoms with E-state index in [2.05, 4.69) is 38.1 Å². The summed E-state index contributed by atoms with van der Waals surface area (Å²) in [5.41, 5.74) is 2.18. The first kappa shape index (κ1) is 18.8. The Labute approximate surface area is 149 Å². The van der Waals surface area contributed by atoms with Crippen LogP contribution >= 0.6 is 0 Å². The van der Waals surface area contributed by atoms with Gasteiger partial charge < -0.3 is 20.9 Å². The van der Waals surface area contributed by atoms with Crippen LogP contribution in [0.15, 0.2) is 35.5 Å². The number of hydrogen-bond acceptors (Lipinski definition) is 2. The van der Waals surface area contributed by atoms with E-state index < -0.39 is 0 Å². The number of para-hydroxylation sites is 1. The first-order chi connectivity index (χ1) is 11.9. The van der Waals surface area contributed by atoms with Gasteiger partial charge in [-0.2, -0.15) is 0 Å². The molecule has 136 valence electrons. The zero-order chi connectivity index (χ0) is 18.3. The SMILES string of the molecule is CCNC(=NCC(=O)NC(C)(C)C)NCCc1c[nH]c2ccccc12. The Hall–Kier alpha value is -2.50. The van der Waals surface area contributed by atoms with Crippen LogP contribution in [0, 0.1) is 0 Å². The summed E-state index contributed by atoms with van der Waals surface area (Å²) in [7, 11) is 0. The summed E-state index contributed by atoms with van der Waals surface area (Å²) in [6, 6.07) is 8.27. The molecule has 0 spiro atoms. The van der Waals surface area contributed by atoms with Gasteiger partial charge in [-0.3, -0.25) is 4.79 Å². The Morgan fingerprint density at radius 2 is 1.96 bits per heavy atom. The average Bonchev–Trinajstić information content (AvgIpc) is 2.94. The number of benzene rings is 1. The van der Waals surface area contributed by atoms with Gasteiger partial charge in [0.1, 0.15) is 6.54 Å². The van der Waals surface area contributed by atoms with E-state index >= 15 is 0 Å². The van der Waals surface area contributed by atoms with Gasteiger partial charge in [-0.1, -0.05) is 18.2 Å². The first-order valence-electron chi connectivity index (χ1n) is 8.77. The molecule has 0 unspecified atom stereocenters. The molecule has 0 saturated carbocycles. The van der Waals surface area contributed by atoms with Crippen molar-refractivity contribution in [2.24, 2.45) is 4.99 Å². The van der Waals surface area contributed by atoms with E-state index in [9.17, 15) is 4.79 Å². The molecule has 0 atom stereocenters. The minimum Gasteiger partial charge on any atom is -0.361 e. The van der Waals surface area contributed by atoms with Gasteiger partial charge in [-0.15, -0.1) is 0 Å². The Kier molecular flexibility index (Phi) is 6.44. The van der Waals surface area contributed by atoms with Gasteiger partial charge in [0.2, 0.25) is 5.91 Å². The van der Waals surface area contributed by atoms with E-state index in [0.29, 0.717) is 5.96 Å². The highest BCUT2D eigenvalue weighted by atomic mass is 16.2. The van der Waals surface area contributed by atoms with Gasteiger partial charge in [0, 0.05) is 35.7 Å². The van der Waals surface area contributed by atoms with Crippen molar-refractivity contribution in [3.05, 3.63) is 36.0 Å². The number of hydrogen-bond donors (Lipinski definition) is 4. The largest absolute Gasteiger partial charge is 0.361 e. The van der Waals surface area contributed by atoms with Crippen LogP contribution in [0.4, 0.5) is 0 Å². The lowest BCUT2D eigenvalue weighted by atomic mass is 10.1. The number of aromatic nitrogens is 1. The summed E-state index contributed by atoms with van der Waals surface area (Å²) >= 11 is 0. The molecule has 0 bridgehead atoms. The smallest absolute Gasteiger partial charge is 0.242 e. The van der Waals surface area contributed by atoms with Crippen LogP contribution in [-0.2, 0) is 11.2 Å². The molecular weight excluding hydrogens is 314 g/mol. The third-order valence-electron chi connectivity index (χ3n) is 3.60. The summed E-state index contributed by atoms with van der Waals surface area (Å²) in [5.74, 6) is 0.577. The topological polar surface area (TPSA) is 81.3 Å². The molecule has 6 nitrogen and oxygen atoms in total. The third kappa shape index (κ3) is 6.14. The van der Waals surface area contributed by atoms with Gasteiger partial charge in [0.15, 0.2) is 5.96 Å². The fraction of sp³-hybridized carbons (Fsp3) is 0.474. The first-order valence-corrected chi connectivity index (χ1v) is 8.77. The second-order valence-corrected chi connectivity index (χ2v) is 7.03. The van der Waals surface area contributed by atoms with Gasteiger partial charge in [0.05, 0.1) is 0 Å². The lowest BCUT2D eigenvalue weighted by Gasteiger charge is -2.20. The van der Waals surface area contributed by atoms with Crippen molar-refractivity contribution in [2.75, 3.05) is 19.6 Å². The number of fused-ring (bicyclic) bond motifs is 1. The second kappa shape index (κ2) is 8.55. The van der Waals surface area contributed by atoms with Gasteiger partial charge in [-0.05, 0) is 45.7 Å². The Balaban J connectivity index is 1.88. The average molecular weight is 343 g/mol. The monoisotopic (exact) mass is 343 g/mol. The second-order valence-electron chi connectivity index (χ2n) is 7.03. The predicted molar refractivity (Wildman–Crippen MR) is 104 cm³/mol. The van der Waals surface area contributed by atoms with Crippen molar-refractivity contribution in [3.63, 3.8) is 0 Å². The summed E-state index contributed by atoms with van der Waals surface area (Å²) < 4.78 is 0. The van der Waals surface area contributed by atoms with Crippen LogP contribution in [0.1, 0.15) is 33.3 Å². The molecule has 4 N–H and O–H groups in total. The molecule has 1 aromatic carbocycles. The molecule has 0 aliphatic carbocycles. The quantitative estimate of drug-likeness (QED) is 0.479. The molecule has 25 heavy (non-hydrogen) atoms. The molecule has 0 aliphatic heterocycles. The normalized spacial score (nSPS) is 12.2. The van der Waals surface area contributed by atoms with E-state index in [1.807, 2.05) is 46.0 Å². The molecule has 0 saturated heterocycles. The fourth-order valence-electron chi connectivity index (χ4n) is 2.60. The maximum absolute atomic E-state index is 11.9. The number of nitrogens with zero attached hydrogens (tertiary/aromatic N) is 1. The van der Waals surface area contributed by atoms with Crippen LogP contribution < -0.4 is 16.0 Å². The summed E-state index contributed by atoms with van der Waals surface area (Å²) in [4.78, 5) is 19.5. The number of nitrogens with one attached hydrogen (secondary N) is 4. The number of guanidine groups is 1. The van der Waals surface area contributed by atoms with E-state index in [4.69, 9.17) is 0 Å². The number of rotatable bonds is 6. The van der Waals surface area contributed by atoms with Crippen LogP contribution in [0.5, 0.6) is 0 Å². The molecule has 2 aromatic rings. The predicted octanol–water partition coefficient (Wildman–Crippen LogP) is 2.18. The van der Waals surface area contributed by atoms with Crippen molar-refractivity contribution in [1.29, 1.82) is 0 Å². The number of carbonyl (C=O) groups is 1. The van der Waals surface area contributed by atoms with E-state index in [1.165, 1.54) is 10.9 Å². The third-order valence-corrected chi connectivity index (χ3v) is 3.60. The number of aromatic amines is 1. The minimum atomic E-state index is -0.242. The maximum Gasteiger partial charge on any atom is 0.242 e. The summed E-state index contributed by atoms with van der Waals surface area (Å²) in [6.45, 7) is 9.48. The standard InChI is InChI=1S/C19H29N5O/c1-5-20-18(23-13-17(25)24-19(2,3)4)21-11-10-14-12-22-16-9-7-6-8-15(14)16/h6-9,12,22H,5,10-11,13H2,1-4H3,(H,24,25)(H2,20,21,23). The zero-order valence-corrected chi connectivity index (χ0v) is 15.6. The van der Waals surface area contributed by atoms with Gasteiger partial charge in [-0.25, -0.2) is 4.99 Å². The molecule has 0 fully saturated rings. The summed E-state index contributed by atoms with van der Waals surface area (Å²) in [5, 5.41) is 10.6. The van der Waals surface area contributed by atoms with E-state index in [-0.39, 0.29) is 18.0 Å². The molecule has 0 radical (unpaired) electrons. The lowest BCUT2D eigenvalue weighted by Crippen LogP contribution is -2.43. The van der Waals surface area contributed by atoms with Crippen molar-refractivity contribution in [3.8, 4) is 0 Å². The van der Waals surface area contributed by atoms with Crippen LogP contribution in [0.3, 0.4) is 0 Å². The number of carbonyl (C=O) groups excluding carboxylic acids is 1. The Morgan fingerprint density at radius 1 is 1.20 bits per heavy atom. The zero-order valence-electron chi connectivity index (χ0n) is 15.6. The molecule has 1 aromatic heterocycles. The fourth-order valence-corrected chi connectivity index (χ4v) is 2.60. The van der Waals surface area contributed by atoms with Gasteiger partial charge >= 0.3 is 0 Å². The lowest BCUT2D eigenvalue weighted by molar-refractivity contribution is -0.121. The highest BCUT2D eigenvalue weighted by molar-refractivity contribution is 5.85. The van der Waals surface area contributed by atoms with Crippen molar-refractivity contribution >= 4 is 22.8 Å². The maximum atomic E-state index is 11.9. The highest BCUT2D eigenvalue weighted by Crippen LogP contribution is 2.17. The minimum absolute atomic E-state index is 0.0821. The Bertz CT molecular complexity index is 727. The van der Waals surface area contributed by atoms with Gasteiger partial charge in [0.25, 0.3) is 0 Å². The molecule has 2 rings (SSSR count). The van der Waals surface area contributed by atoms with E-state index in [0.717, 1.165) is 25.0 Å². The number of aliphatic imine (C=N–C) groups is 1. The van der Waals surface area contributed by atoms with E-state index in [1.54, 1.807) is 0 Å². The van der Waals surface area contributed by atoms with Crippen LogP contribution in [0.2, 0.25) is 0 Å². The van der Waals surface area contributed by atoms with Crippen LogP contribution in [0.25, 0.3) is 10.9 Å². The molecule has 0 aliphatic rings. The van der Waals surface area contributed by atoms with Crippen molar-refractivity contribution in [2.45, 2.75) is 39.7 Å². The van der Waals surface area contributed by atoms with Crippen LogP contribution in [-0.4, -0.2) is 42.0 Å². The number of amides is 1. The van der Waals surface area contributed by atoms with Crippen molar-refractivity contribution in [1.82, 2.24) is 20.9 Å². The Morgan fingerprint density at radius 3 is 2.68 bits per heavy atom. The highest BCUT2D eigenvalue weighted by Gasteiger charge is 2.13. The van der Waals surface area contributed by atoms with Crippen molar-refractivity contribution < 1.29 is 4.79 Å². The molecule has 1 amide bonds. The molecular formula is C19H29N5O. The molecule has 1 heterocycles. The molecule has 6 heteroatoms.